The van der Waals surface area contributed by atoms with Crippen LogP contribution in [0.5, 0.6) is 0 Å². The van der Waals surface area contributed by atoms with Crippen molar-refractivity contribution in [3.8, 4) is 0 Å². The SMILES string of the molecule is O=C(O)Cn1nnnc1CCC1CCCC1. The van der Waals surface area contributed by atoms with Gasteiger partial charge in [-0.05, 0) is 22.8 Å². The molecule has 0 atom stereocenters. The Morgan fingerprint density at radius 1 is 1.44 bits per heavy atom. The third kappa shape index (κ3) is 2.77. The smallest absolute Gasteiger partial charge is 0.325 e. The molecule has 88 valence electrons. The number of hydrogen-bond acceptors (Lipinski definition) is 4. The Morgan fingerprint density at radius 2 is 2.19 bits per heavy atom. The van der Waals surface area contributed by atoms with Crippen LogP contribution in [0.2, 0.25) is 0 Å². The molecule has 16 heavy (non-hydrogen) atoms. The number of carboxylic acids is 1. The summed E-state index contributed by atoms with van der Waals surface area (Å²) in [6.45, 7) is -0.146. The van der Waals surface area contributed by atoms with E-state index >= 15 is 0 Å². The molecular formula is C10H16N4O2. The summed E-state index contributed by atoms with van der Waals surface area (Å²) in [5.41, 5.74) is 0. The van der Waals surface area contributed by atoms with Crippen LogP contribution in [0.15, 0.2) is 0 Å². The first-order valence-electron chi connectivity index (χ1n) is 5.72. The van der Waals surface area contributed by atoms with Crippen LogP contribution in [0.25, 0.3) is 0 Å². The molecule has 0 saturated heterocycles. The quantitative estimate of drug-likeness (QED) is 0.803. The topological polar surface area (TPSA) is 80.9 Å². The summed E-state index contributed by atoms with van der Waals surface area (Å²) in [5, 5.41) is 19.7. The number of rotatable bonds is 5. The zero-order valence-electron chi connectivity index (χ0n) is 9.17. The molecular weight excluding hydrogens is 208 g/mol. The lowest BCUT2D eigenvalue weighted by Gasteiger charge is -2.07. The molecule has 6 heteroatoms. The zero-order valence-corrected chi connectivity index (χ0v) is 9.17. The maximum Gasteiger partial charge on any atom is 0.325 e. The molecule has 0 radical (unpaired) electrons. The molecule has 1 heterocycles. The number of aliphatic carboxylic acids is 1. The maximum atomic E-state index is 10.6. The van der Waals surface area contributed by atoms with Crippen molar-refractivity contribution in [1.29, 1.82) is 0 Å². The number of nitrogens with zero attached hydrogens (tertiary/aromatic N) is 4. The van der Waals surface area contributed by atoms with Crippen molar-refractivity contribution >= 4 is 5.97 Å². The lowest BCUT2D eigenvalue weighted by molar-refractivity contribution is -0.138. The van der Waals surface area contributed by atoms with Crippen molar-refractivity contribution in [2.24, 2.45) is 5.92 Å². The Hall–Kier alpha value is -1.46. The molecule has 1 N–H and O–H groups in total. The van der Waals surface area contributed by atoms with E-state index in [4.69, 9.17) is 5.11 Å². The summed E-state index contributed by atoms with van der Waals surface area (Å²) >= 11 is 0. The fraction of sp³-hybridized carbons (Fsp3) is 0.800. The lowest BCUT2D eigenvalue weighted by Crippen LogP contribution is -2.14. The summed E-state index contributed by atoms with van der Waals surface area (Å²) in [5.74, 6) is 0.554. The molecule has 0 amide bonds. The van der Waals surface area contributed by atoms with E-state index in [0.29, 0.717) is 5.82 Å². The Labute approximate surface area is 93.6 Å². The van der Waals surface area contributed by atoms with Crippen molar-refractivity contribution in [2.75, 3.05) is 0 Å². The van der Waals surface area contributed by atoms with Gasteiger partial charge in [-0.3, -0.25) is 4.79 Å². The minimum absolute atomic E-state index is 0.146. The summed E-state index contributed by atoms with van der Waals surface area (Å²) < 4.78 is 1.37. The molecule has 1 aliphatic rings. The van der Waals surface area contributed by atoms with E-state index in [2.05, 4.69) is 15.5 Å². The normalized spacial score (nSPS) is 16.8. The van der Waals surface area contributed by atoms with E-state index in [1.54, 1.807) is 0 Å². The maximum absolute atomic E-state index is 10.6. The first-order valence-corrected chi connectivity index (χ1v) is 5.72. The third-order valence-corrected chi connectivity index (χ3v) is 3.14. The number of carboxylic acid groups (broad SMARTS) is 1. The summed E-state index contributed by atoms with van der Waals surface area (Å²) in [6, 6.07) is 0. The molecule has 2 rings (SSSR count). The van der Waals surface area contributed by atoms with Gasteiger partial charge in [-0.15, -0.1) is 5.10 Å². The Kier molecular flexibility index (Phi) is 3.48. The van der Waals surface area contributed by atoms with Gasteiger partial charge in [0, 0.05) is 6.42 Å². The number of hydrogen-bond donors (Lipinski definition) is 1. The van der Waals surface area contributed by atoms with E-state index in [0.717, 1.165) is 18.8 Å². The van der Waals surface area contributed by atoms with E-state index < -0.39 is 5.97 Å². The van der Waals surface area contributed by atoms with Gasteiger partial charge in [0.15, 0.2) is 5.82 Å². The highest BCUT2D eigenvalue weighted by atomic mass is 16.4. The predicted octanol–water partition coefficient (Wildman–Crippen LogP) is 0.880. The largest absolute Gasteiger partial charge is 0.480 e. The molecule has 6 nitrogen and oxygen atoms in total. The van der Waals surface area contributed by atoms with Gasteiger partial charge in [-0.2, -0.15) is 0 Å². The first-order chi connectivity index (χ1) is 7.75. The predicted molar refractivity (Wildman–Crippen MR) is 55.7 cm³/mol. The molecule has 1 aromatic heterocycles. The molecule has 1 aliphatic carbocycles. The molecule has 1 fully saturated rings. The monoisotopic (exact) mass is 224 g/mol. The standard InChI is InChI=1S/C10H16N4O2/c15-10(16)7-14-9(11-12-13-14)6-5-8-3-1-2-4-8/h8H,1-7H2,(H,15,16). The highest BCUT2D eigenvalue weighted by molar-refractivity contribution is 5.66. The lowest BCUT2D eigenvalue weighted by atomic mass is 10.0. The van der Waals surface area contributed by atoms with Gasteiger partial charge < -0.3 is 5.11 Å². The molecule has 0 bridgehead atoms. The number of aromatic nitrogens is 4. The van der Waals surface area contributed by atoms with Gasteiger partial charge in [-0.25, -0.2) is 4.68 Å². The fourth-order valence-electron chi connectivity index (χ4n) is 2.29. The number of carbonyl (C=O) groups is 1. The number of aryl methyl sites for hydroxylation is 1. The van der Waals surface area contributed by atoms with E-state index in [1.807, 2.05) is 0 Å². The highest BCUT2D eigenvalue weighted by Crippen LogP contribution is 2.28. The van der Waals surface area contributed by atoms with Gasteiger partial charge in [0.05, 0.1) is 0 Å². The van der Waals surface area contributed by atoms with Crippen LogP contribution in [0.3, 0.4) is 0 Å². The van der Waals surface area contributed by atoms with Crippen molar-refractivity contribution in [1.82, 2.24) is 20.2 Å². The highest BCUT2D eigenvalue weighted by Gasteiger charge is 2.17. The van der Waals surface area contributed by atoms with Crippen LogP contribution < -0.4 is 0 Å². The van der Waals surface area contributed by atoms with E-state index in [9.17, 15) is 4.79 Å². The second-order valence-electron chi connectivity index (χ2n) is 4.34. The van der Waals surface area contributed by atoms with Gasteiger partial charge in [0.2, 0.25) is 0 Å². The average molecular weight is 224 g/mol. The molecule has 1 aromatic rings. The van der Waals surface area contributed by atoms with Gasteiger partial charge in [0.25, 0.3) is 0 Å². The summed E-state index contributed by atoms with van der Waals surface area (Å²) in [4.78, 5) is 10.6. The molecule has 0 aliphatic heterocycles. The fourth-order valence-corrected chi connectivity index (χ4v) is 2.29. The second kappa shape index (κ2) is 5.05. The first kappa shape index (κ1) is 11.0. The van der Waals surface area contributed by atoms with Crippen LogP contribution in [0.4, 0.5) is 0 Å². The van der Waals surface area contributed by atoms with E-state index in [1.165, 1.54) is 30.4 Å². The minimum Gasteiger partial charge on any atom is -0.480 e. The molecule has 0 aromatic carbocycles. The Bertz CT molecular complexity index is 357. The third-order valence-electron chi connectivity index (χ3n) is 3.14. The van der Waals surface area contributed by atoms with Gasteiger partial charge in [0.1, 0.15) is 6.54 Å². The Balaban J connectivity index is 1.88. The van der Waals surface area contributed by atoms with Crippen LogP contribution in [-0.4, -0.2) is 31.3 Å². The van der Waals surface area contributed by atoms with Crippen molar-refractivity contribution in [2.45, 2.75) is 45.1 Å². The number of tetrazole rings is 1. The minimum atomic E-state index is -0.908. The van der Waals surface area contributed by atoms with E-state index in [-0.39, 0.29) is 6.54 Å². The van der Waals surface area contributed by atoms with Crippen LogP contribution in [0.1, 0.15) is 37.9 Å². The molecule has 0 unspecified atom stereocenters. The summed E-state index contributed by atoms with van der Waals surface area (Å²) in [7, 11) is 0. The van der Waals surface area contributed by atoms with Crippen LogP contribution >= 0.6 is 0 Å². The van der Waals surface area contributed by atoms with Crippen molar-refractivity contribution < 1.29 is 9.90 Å². The zero-order chi connectivity index (χ0) is 11.4. The molecule has 0 spiro atoms. The average Bonchev–Trinajstić information content (AvgIpc) is 2.84. The van der Waals surface area contributed by atoms with Gasteiger partial charge >= 0.3 is 5.97 Å². The molecule has 1 saturated carbocycles. The Morgan fingerprint density at radius 3 is 2.88 bits per heavy atom. The van der Waals surface area contributed by atoms with Crippen LogP contribution in [0, 0.1) is 5.92 Å². The summed E-state index contributed by atoms with van der Waals surface area (Å²) in [6.07, 6.45) is 7.08. The van der Waals surface area contributed by atoms with Crippen molar-refractivity contribution in [3.63, 3.8) is 0 Å². The van der Waals surface area contributed by atoms with Crippen molar-refractivity contribution in [3.05, 3.63) is 5.82 Å². The van der Waals surface area contributed by atoms with Gasteiger partial charge in [-0.1, -0.05) is 25.7 Å². The van der Waals surface area contributed by atoms with Crippen LogP contribution in [-0.2, 0) is 17.8 Å². The second-order valence-corrected chi connectivity index (χ2v) is 4.34.